The highest BCUT2D eigenvalue weighted by molar-refractivity contribution is 7.99. The highest BCUT2D eigenvalue weighted by Gasteiger charge is 2.31. The highest BCUT2D eigenvalue weighted by atomic mass is 32.2. The van der Waals surface area contributed by atoms with Gasteiger partial charge in [-0.3, -0.25) is 9.78 Å². The van der Waals surface area contributed by atoms with Crippen LogP contribution in [0.4, 0.5) is 13.2 Å². The van der Waals surface area contributed by atoms with Crippen LogP contribution in [0, 0.1) is 11.3 Å². The second kappa shape index (κ2) is 7.97. The zero-order valence-corrected chi connectivity index (χ0v) is 13.3. The van der Waals surface area contributed by atoms with Crippen molar-refractivity contribution in [2.75, 3.05) is 5.75 Å². The van der Waals surface area contributed by atoms with Gasteiger partial charge in [0.05, 0.1) is 17.3 Å². The average Bonchev–Trinajstić information content (AvgIpc) is 2.56. The van der Waals surface area contributed by atoms with Crippen LogP contribution in [-0.4, -0.2) is 16.5 Å². The van der Waals surface area contributed by atoms with Gasteiger partial charge in [-0.15, -0.1) is 11.8 Å². The molecule has 0 fully saturated rings. The van der Waals surface area contributed by atoms with Crippen LogP contribution in [0.2, 0.25) is 0 Å². The smallest absolute Gasteiger partial charge is 0.298 e. The fourth-order valence-electron chi connectivity index (χ4n) is 1.98. The average molecular weight is 350 g/mol. The van der Waals surface area contributed by atoms with E-state index in [1.54, 1.807) is 0 Å². The molecule has 0 N–H and O–H groups in total. The number of hydrogen-bond donors (Lipinski definition) is 0. The number of pyridine rings is 1. The van der Waals surface area contributed by atoms with E-state index < -0.39 is 17.7 Å². The molecule has 0 aliphatic carbocycles. The first-order valence-electron chi connectivity index (χ1n) is 7.05. The Bertz CT molecular complexity index is 724. The van der Waals surface area contributed by atoms with E-state index in [2.05, 4.69) is 4.98 Å². The second-order valence-corrected chi connectivity index (χ2v) is 6.08. The lowest BCUT2D eigenvalue weighted by Crippen LogP contribution is -2.14. The maximum atomic E-state index is 12.5. The molecule has 0 aliphatic heterocycles. The van der Waals surface area contributed by atoms with Crippen LogP contribution in [0.5, 0.6) is 0 Å². The molecule has 124 valence electrons. The summed E-state index contributed by atoms with van der Waals surface area (Å²) in [5.74, 6) is -1.02. The number of thioether (sulfide) groups is 1. The molecule has 7 heteroatoms. The number of carbonyl (C=O) groups is 1. The normalized spacial score (nSPS) is 12.4. The molecule has 24 heavy (non-hydrogen) atoms. The van der Waals surface area contributed by atoms with Gasteiger partial charge >= 0.3 is 6.18 Å². The van der Waals surface area contributed by atoms with E-state index in [1.807, 2.05) is 36.4 Å². The third-order valence-electron chi connectivity index (χ3n) is 3.22. The quantitative estimate of drug-likeness (QED) is 0.722. The Morgan fingerprint density at radius 2 is 1.92 bits per heavy atom. The first kappa shape index (κ1) is 18.0. The molecule has 1 aromatic carbocycles. The molecule has 0 amide bonds. The van der Waals surface area contributed by atoms with E-state index >= 15 is 0 Å². The Labute approximate surface area is 141 Å². The molecule has 3 nitrogen and oxygen atoms in total. The van der Waals surface area contributed by atoms with E-state index in [0.717, 1.165) is 17.0 Å². The molecule has 2 rings (SSSR count). The molecule has 1 atom stereocenters. The summed E-state index contributed by atoms with van der Waals surface area (Å²) in [6.07, 6.45) is -3.71. The summed E-state index contributed by atoms with van der Waals surface area (Å²) >= 11 is 1.48. The van der Waals surface area contributed by atoms with Gasteiger partial charge in [-0.25, -0.2) is 0 Å². The molecule has 0 saturated carbocycles. The second-order valence-electron chi connectivity index (χ2n) is 4.91. The van der Waals surface area contributed by atoms with Gasteiger partial charge in [0.15, 0.2) is 5.78 Å². The molecule has 1 heterocycles. The molecule has 0 spiro atoms. The number of Topliss-reactive ketones (excluding diaryl/α,β-unsaturated/α-hetero) is 1. The summed E-state index contributed by atoms with van der Waals surface area (Å²) in [5, 5.41) is 9.16. The number of alkyl halides is 3. The van der Waals surface area contributed by atoms with Gasteiger partial charge in [0.1, 0.15) is 5.92 Å². The summed E-state index contributed by atoms with van der Waals surface area (Å²) in [6.45, 7) is 0. The van der Waals surface area contributed by atoms with Crippen molar-refractivity contribution in [1.29, 1.82) is 5.26 Å². The predicted molar refractivity (Wildman–Crippen MR) is 84.4 cm³/mol. The van der Waals surface area contributed by atoms with Crippen LogP contribution in [0.1, 0.15) is 23.6 Å². The van der Waals surface area contributed by atoms with Gasteiger partial charge in [0.2, 0.25) is 0 Å². The van der Waals surface area contributed by atoms with E-state index in [-0.39, 0.29) is 17.9 Å². The van der Waals surface area contributed by atoms with Crippen LogP contribution < -0.4 is 0 Å². The first-order valence-corrected chi connectivity index (χ1v) is 8.03. The lowest BCUT2D eigenvalue weighted by Gasteiger charge is -2.10. The van der Waals surface area contributed by atoms with Crippen molar-refractivity contribution < 1.29 is 18.0 Å². The molecule has 0 bridgehead atoms. The van der Waals surface area contributed by atoms with E-state index in [4.69, 9.17) is 5.26 Å². The maximum Gasteiger partial charge on any atom is 0.417 e. The van der Waals surface area contributed by atoms with Crippen LogP contribution in [-0.2, 0) is 11.0 Å². The fourth-order valence-corrected chi connectivity index (χ4v) is 2.87. The number of hydrogen-bond acceptors (Lipinski definition) is 4. The molecule has 1 unspecified atom stereocenters. The Hall–Kier alpha value is -2.33. The van der Waals surface area contributed by atoms with Crippen LogP contribution in [0.15, 0.2) is 53.6 Å². The number of carbonyl (C=O) groups excluding carboxylic acids is 1. The summed E-state index contributed by atoms with van der Waals surface area (Å²) in [5.41, 5.74) is -0.866. The molecular weight excluding hydrogens is 337 g/mol. The number of benzene rings is 1. The Kier molecular flexibility index (Phi) is 5.99. The van der Waals surface area contributed by atoms with Gasteiger partial charge in [0, 0.05) is 23.3 Å². The minimum atomic E-state index is -4.50. The van der Waals surface area contributed by atoms with Crippen LogP contribution in [0.25, 0.3) is 0 Å². The van der Waals surface area contributed by atoms with E-state index in [0.29, 0.717) is 11.9 Å². The van der Waals surface area contributed by atoms with Crippen molar-refractivity contribution >= 4 is 17.5 Å². The van der Waals surface area contributed by atoms with Gasteiger partial charge in [-0.2, -0.15) is 18.4 Å². The largest absolute Gasteiger partial charge is 0.417 e. The zero-order chi connectivity index (χ0) is 17.6. The number of aromatic nitrogens is 1. The minimum absolute atomic E-state index is 0.0419. The zero-order valence-electron chi connectivity index (χ0n) is 12.5. The van der Waals surface area contributed by atoms with Crippen molar-refractivity contribution in [1.82, 2.24) is 4.98 Å². The predicted octanol–water partition coefficient (Wildman–Crippen LogP) is 4.46. The Balaban J connectivity index is 1.97. The molecule has 1 aromatic heterocycles. The SMILES string of the molecule is N#CC(C(=O)CCSc1ccccc1)c1ccc(C(F)(F)F)cn1. The number of nitriles is 1. The lowest BCUT2D eigenvalue weighted by molar-refractivity contribution is -0.137. The Morgan fingerprint density at radius 1 is 1.21 bits per heavy atom. The lowest BCUT2D eigenvalue weighted by atomic mass is 9.99. The van der Waals surface area contributed by atoms with Crippen molar-refractivity contribution in [2.24, 2.45) is 0 Å². The number of rotatable bonds is 6. The molecule has 2 aromatic rings. The first-order chi connectivity index (χ1) is 11.4. The van der Waals surface area contributed by atoms with Crippen molar-refractivity contribution in [3.8, 4) is 6.07 Å². The maximum absolute atomic E-state index is 12.5. The molecule has 0 saturated heterocycles. The molecule has 0 radical (unpaired) electrons. The number of ketones is 1. The van der Waals surface area contributed by atoms with Crippen molar-refractivity contribution in [3.63, 3.8) is 0 Å². The number of nitrogens with zero attached hydrogens (tertiary/aromatic N) is 2. The Morgan fingerprint density at radius 3 is 2.46 bits per heavy atom. The minimum Gasteiger partial charge on any atom is -0.298 e. The summed E-state index contributed by atoms with van der Waals surface area (Å²) in [6, 6.07) is 13.2. The van der Waals surface area contributed by atoms with Gasteiger partial charge in [0.25, 0.3) is 0 Å². The summed E-state index contributed by atoms with van der Waals surface area (Å²) in [7, 11) is 0. The van der Waals surface area contributed by atoms with Gasteiger partial charge in [-0.1, -0.05) is 18.2 Å². The molecular formula is C17H13F3N2OS. The fraction of sp³-hybridized carbons (Fsp3) is 0.235. The van der Waals surface area contributed by atoms with Gasteiger partial charge in [-0.05, 0) is 24.3 Å². The van der Waals surface area contributed by atoms with Crippen molar-refractivity contribution in [2.45, 2.75) is 23.4 Å². The monoisotopic (exact) mass is 350 g/mol. The standard InChI is InChI=1S/C17H13F3N2OS/c18-17(19,20)12-6-7-15(22-11-12)14(10-21)16(23)8-9-24-13-4-2-1-3-5-13/h1-7,11,14H,8-9H2. The number of halogens is 3. The summed E-state index contributed by atoms with van der Waals surface area (Å²) in [4.78, 5) is 16.8. The van der Waals surface area contributed by atoms with E-state index in [1.165, 1.54) is 11.8 Å². The van der Waals surface area contributed by atoms with Crippen LogP contribution in [0.3, 0.4) is 0 Å². The third kappa shape index (κ3) is 4.83. The van der Waals surface area contributed by atoms with Crippen molar-refractivity contribution in [3.05, 3.63) is 59.9 Å². The molecule has 0 aliphatic rings. The summed E-state index contributed by atoms with van der Waals surface area (Å²) < 4.78 is 37.5. The third-order valence-corrected chi connectivity index (χ3v) is 4.23. The van der Waals surface area contributed by atoms with E-state index in [9.17, 15) is 18.0 Å². The highest BCUT2D eigenvalue weighted by Crippen LogP contribution is 2.29. The van der Waals surface area contributed by atoms with Gasteiger partial charge < -0.3 is 0 Å². The topological polar surface area (TPSA) is 53.8 Å². The van der Waals surface area contributed by atoms with Crippen LogP contribution >= 0.6 is 11.8 Å².